The smallest absolute Gasteiger partial charge is 0.186 e. The molecule has 0 aliphatic heterocycles. The van der Waals surface area contributed by atoms with Gasteiger partial charge < -0.3 is 4.90 Å². The second-order valence-electron chi connectivity index (χ2n) is 4.67. The molecule has 0 radical (unpaired) electrons. The number of carbonyl (C=O) groups is 1. The second-order valence-corrected chi connectivity index (χ2v) is 6.65. The molecule has 0 spiro atoms. The second kappa shape index (κ2) is 6.06. The van der Waals surface area contributed by atoms with E-state index in [4.69, 9.17) is 0 Å². The number of rotatable bonds is 5. The zero-order chi connectivity index (χ0) is 13.1. The molecule has 0 bridgehead atoms. The molecular formula is C13H20N2OS2. The fraction of sp³-hybridized carbons (Fsp3) is 0.692. The number of nitrogens with zero attached hydrogens (tertiary/aromatic N) is 2. The molecule has 0 saturated carbocycles. The van der Waals surface area contributed by atoms with Crippen LogP contribution in [0.15, 0.2) is 0 Å². The first-order chi connectivity index (χ1) is 8.67. The molecule has 1 aromatic heterocycles. The largest absolute Gasteiger partial charge is 0.347 e. The number of anilines is 1. The van der Waals surface area contributed by atoms with Gasteiger partial charge in [-0.15, -0.1) is 11.3 Å². The van der Waals surface area contributed by atoms with Gasteiger partial charge in [-0.1, -0.05) is 6.92 Å². The number of hydrogen-bond acceptors (Lipinski definition) is 5. The molecule has 5 heteroatoms. The maximum absolute atomic E-state index is 11.8. The molecular weight excluding hydrogens is 264 g/mol. The van der Waals surface area contributed by atoms with Crippen molar-refractivity contribution in [2.45, 2.75) is 38.6 Å². The number of aryl methyl sites for hydroxylation is 1. The number of hydrogen-bond donors (Lipinski definition) is 0. The van der Waals surface area contributed by atoms with Crippen LogP contribution in [-0.4, -0.2) is 35.9 Å². The zero-order valence-corrected chi connectivity index (χ0v) is 12.9. The Morgan fingerprint density at radius 1 is 1.50 bits per heavy atom. The van der Waals surface area contributed by atoms with E-state index in [2.05, 4.69) is 30.1 Å². The topological polar surface area (TPSA) is 33.2 Å². The van der Waals surface area contributed by atoms with Crippen LogP contribution in [0.4, 0.5) is 5.13 Å². The highest BCUT2D eigenvalue weighted by molar-refractivity contribution is 7.98. The number of thioether (sulfide) groups is 1. The SMILES string of the molecule is CCC(CSC)N(C)c1nc2c(s1)CCCC2=O. The predicted molar refractivity (Wildman–Crippen MR) is 80.2 cm³/mol. The molecule has 0 aromatic carbocycles. The first-order valence-corrected chi connectivity index (χ1v) is 8.63. The predicted octanol–water partition coefficient (Wildman–Crippen LogP) is 3.24. The van der Waals surface area contributed by atoms with E-state index in [9.17, 15) is 4.79 Å². The molecule has 0 amide bonds. The lowest BCUT2D eigenvalue weighted by molar-refractivity contribution is 0.0968. The summed E-state index contributed by atoms with van der Waals surface area (Å²) >= 11 is 3.56. The van der Waals surface area contributed by atoms with E-state index in [1.807, 2.05) is 11.8 Å². The van der Waals surface area contributed by atoms with Gasteiger partial charge in [-0.3, -0.25) is 4.79 Å². The minimum Gasteiger partial charge on any atom is -0.347 e. The Hall–Kier alpha value is -0.550. The van der Waals surface area contributed by atoms with Gasteiger partial charge >= 0.3 is 0 Å². The fourth-order valence-electron chi connectivity index (χ4n) is 2.26. The summed E-state index contributed by atoms with van der Waals surface area (Å²) in [5.41, 5.74) is 0.743. The normalized spacial score (nSPS) is 16.5. The van der Waals surface area contributed by atoms with Gasteiger partial charge in [-0.25, -0.2) is 4.98 Å². The summed E-state index contributed by atoms with van der Waals surface area (Å²) in [6.45, 7) is 2.20. The van der Waals surface area contributed by atoms with E-state index in [-0.39, 0.29) is 5.78 Å². The van der Waals surface area contributed by atoms with Crippen molar-refractivity contribution in [3.63, 3.8) is 0 Å². The highest BCUT2D eigenvalue weighted by Gasteiger charge is 2.25. The van der Waals surface area contributed by atoms with Crippen molar-refractivity contribution >= 4 is 34.0 Å². The summed E-state index contributed by atoms with van der Waals surface area (Å²) in [4.78, 5) is 19.8. The van der Waals surface area contributed by atoms with Crippen molar-refractivity contribution < 1.29 is 4.79 Å². The Morgan fingerprint density at radius 3 is 2.89 bits per heavy atom. The average Bonchev–Trinajstić information content (AvgIpc) is 2.80. The lowest BCUT2D eigenvalue weighted by atomic mass is 10.0. The van der Waals surface area contributed by atoms with Crippen molar-refractivity contribution in [3.8, 4) is 0 Å². The maximum Gasteiger partial charge on any atom is 0.186 e. The van der Waals surface area contributed by atoms with E-state index in [1.165, 1.54) is 4.88 Å². The lowest BCUT2D eigenvalue weighted by Crippen LogP contribution is -2.33. The van der Waals surface area contributed by atoms with Gasteiger partial charge in [0.15, 0.2) is 10.9 Å². The molecule has 100 valence electrons. The average molecular weight is 284 g/mol. The maximum atomic E-state index is 11.8. The monoisotopic (exact) mass is 284 g/mol. The molecule has 1 aliphatic carbocycles. The van der Waals surface area contributed by atoms with Gasteiger partial charge in [0.2, 0.25) is 0 Å². The van der Waals surface area contributed by atoms with E-state index < -0.39 is 0 Å². The number of ketones is 1. The third-order valence-corrected chi connectivity index (χ3v) is 5.36. The summed E-state index contributed by atoms with van der Waals surface area (Å²) in [7, 11) is 2.10. The van der Waals surface area contributed by atoms with Crippen LogP contribution in [0.5, 0.6) is 0 Å². The molecule has 1 aromatic rings. The molecule has 1 atom stereocenters. The summed E-state index contributed by atoms with van der Waals surface area (Å²) in [5, 5.41) is 1.01. The van der Waals surface area contributed by atoms with E-state index in [0.717, 1.165) is 35.8 Å². The van der Waals surface area contributed by atoms with Crippen LogP contribution in [0.25, 0.3) is 0 Å². The lowest BCUT2D eigenvalue weighted by Gasteiger charge is -2.26. The van der Waals surface area contributed by atoms with Gasteiger partial charge in [-0.05, 0) is 25.5 Å². The van der Waals surface area contributed by atoms with Crippen LogP contribution in [-0.2, 0) is 6.42 Å². The van der Waals surface area contributed by atoms with Crippen molar-refractivity contribution in [1.82, 2.24) is 4.98 Å². The summed E-state index contributed by atoms with van der Waals surface area (Å²) in [5.74, 6) is 1.33. The van der Waals surface area contributed by atoms with Crippen LogP contribution in [0.1, 0.15) is 41.6 Å². The number of thiazole rings is 1. The minimum atomic E-state index is 0.227. The number of fused-ring (bicyclic) bond motifs is 1. The minimum absolute atomic E-state index is 0.227. The van der Waals surface area contributed by atoms with Gasteiger partial charge in [0.05, 0.1) is 0 Å². The third-order valence-electron chi connectivity index (χ3n) is 3.44. The first-order valence-electron chi connectivity index (χ1n) is 6.42. The van der Waals surface area contributed by atoms with Crippen LogP contribution in [0, 0.1) is 0 Å². The Labute approximate surface area is 117 Å². The van der Waals surface area contributed by atoms with E-state index in [0.29, 0.717) is 12.5 Å². The van der Waals surface area contributed by atoms with E-state index >= 15 is 0 Å². The van der Waals surface area contributed by atoms with Crippen LogP contribution < -0.4 is 4.90 Å². The summed E-state index contributed by atoms with van der Waals surface area (Å²) < 4.78 is 0. The Bertz CT molecular complexity index is 431. The first kappa shape index (κ1) is 13.9. The summed E-state index contributed by atoms with van der Waals surface area (Å²) in [6.07, 6.45) is 5.91. The Balaban J connectivity index is 2.20. The van der Waals surface area contributed by atoms with Crippen LogP contribution >= 0.6 is 23.1 Å². The molecule has 3 nitrogen and oxygen atoms in total. The molecule has 18 heavy (non-hydrogen) atoms. The molecule has 0 saturated heterocycles. The zero-order valence-electron chi connectivity index (χ0n) is 11.2. The molecule has 0 fully saturated rings. The van der Waals surface area contributed by atoms with E-state index in [1.54, 1.807) is 11.3 Å². The fourth-order valence-corrected chi connectivity index (χ4v) is 4.25. The van der Waals surface area contributed by atoms with Crippen molar-refractivity contribution in [2.75, 3.05) is 24.0 Å². The summed E-state index contributed by atoms with van der Waals surface area (Å²) in [6, 6.07) is 0.503. The van der Waals surface area contributed by atoms with Crippen molar-refractivity contribution in [2.24, 2.45) is 0 Å². The molecule has 0 N–H and O–H groups in total. The van der Waals surface area contributed by atoms with Crippen molar-refractivity contribution in [1.29, 1.82) is 0 Å². The highest BCUT2D eigenvalue weighted by Crippen LogP contribution is 2.32. The quantitative estimate of drug-likeness (QED) is 0.831. The standard InChI is InChI=1S/C13H20N2OS2/c1-4-9(8-17-3)15(2)13-14-12-10(16)6-5-7-11(12)18-13/h9H,4-8H2,1-3H3. The number of Topliss-reactive ketones (excluding diaryl/α,β-unsaturated/α-hetero) is 1. The number of aromatic nitrogens is 1. The van der Waals surface area contributed by atoms with Crippen LogP contribution in [0.3, 0.4) is 0 Å². The third kappa shape index (κ3) is 2.72. The van der Waals surface area contributed by atoms with Gasteiger partial charge in [0, 0.05) is 30.1 Å². The molecule has 1 unspecified atom stereocenters. The van der Waals surface area contributed by atoms with Crippen LogP contribution in [0.2, 0.25) is 0 Å². The highest BCUT2D eigenvalue weighted by atomic mass is 32.2. The van der Waals surface area contributed by atoms with Gasteiger partial charge in [0.25, 0.3) is 0 Å². The molecule has 2 rings (SSSR count). The van der Waals surface area contributed by atoms with Crippen molar-refractivity contribution in [3.05, 3.63) is 10.6 Å². The van der Waals surface area contributed by atoms with Gasteiger partial charge in [-0.2, -0.15) is 11.8 Å². The van der Waals surface area contributed by atoms with Gasteiger partial charge in [0.1, 0.15) is 5.69 Å². The Morgan fingerprint density at radius 2 is 2.28 bits per heavy atom. The molecule has 1 heterocycles. The number of carbonyl (C=O) groups excluding carboxylic acids is 1. The Kier molecular flexibility index (Phi) is 4.67. The molecule has 1 aliphatic rings.